The van der Waals surface area contributed by atoms with Gasteiger partial charge in [-0.1, -0.05) is 34.8 Å². The minimum absolute atomic E-state index is 0.0137. The predicted octanol–water partition coefficient (Wildman–Crippen LogP) is 3.38. The zero-order valence-corrected chi connectivity index (χ0v) is 14.1. The first-order valence-electron chi connectivity index (χ1n) is 6.23. The van der Waals surface area contributed by atoms with E-state index in [0.29, 0.717) is 5.56 Å². The van der Waals surface area contributed by atoms with Crippen LogP contribution in [0.15, 0.2) is 35.2 Å². The maximum absolute atomic E-state index is 12.4. The summed E-state index contributed by atoms with van der Waals surface area (Å²) in [6.07, 6.45) is 0. The Morgan fingerprint density at radius 1 is 1.17 bits per heavy atom. The number of halogens is 2. The Balaban J connectivity index is 2.49. The summed E-state index contributed by atoms with van der Waals surface area (Å²) in [5, 5.41) is 9.16. The van der Waals surface area contributed by atoms with E-state index in [1.54, 1.807) is 13.0 Å². The first-order chi connectivity index (χ1) is 10.6. The van der Waals surface area contributed by atoms with Gasteiger partial charge in [0, 0.05) is 0 Å². The van der Waals surface area contributed by atoms with Gasteiger partial charge in [0.15, 0.2) is 0 Å². The van der Waals surface area contributed by atoms with Crippen LogP contribution in [0.5, 0.6) is 0 Å². The number of anilines is 2. The average molecular weight is 375 g/mol. The van der Waals surface area contributed by atoms with Gasteiger partial charge in [-0.3, -0.25) is 4.72 Å². The highest BCUT2D eigenvalue weighted by Crippen LogP contribution is 2.31. The lowest BCUT2D eigenvalue weighted by Crippen LogP contribution is -2.16. The van der Waals surface area contributed by atoms with Crippen molar-refractivity contribution in [1.82, 2.24) is 0 Å². The fourth-order valence-electron chi connectivity index (χ4n) is 1.84. The van der Waals surface area contributed by atoms with Crippen molar-refractivity contribution in [3.05, 3.63) is 51.5 Å². The van der Waals surface area contributed by atoms with E-state index in [-0.39, 0.29) is 31.9 Å². The molecular formula is C14H12Cl2N2O4S. The largest absolute Gasteiger partial charge is 0.478 e. The number of rotatable bonds is 4. The van der Waals surface area contributed by atoms with E-state index >= 15 is 0 Å². The molecule has 0 spiro atoms. The number of hydrogen-bond donors (Lipinski definition) is 3. The Morgan fingerprint density at radius 3 is 2.26 bits per heavy atom. The predicted molar refractivity (Wildman–Crippen MR) is 89.8 cm³/mol. The molecule has 0 saturated heterocycles. The molecule has 0 aliphatic rings. The van der Waals surface area contributed by atoms with Crippen molar-refractivity contribution in [3.8, 4) is 0 Å². The lowest BCUT2D eigenvalue weighted by atomic mass is 10.1. The summed E-state index contributed by atoms with van der Waals surface area (Å²) < 4.78 is 27.0. The molecule has 0 amide bonds. The van der Waals surface area contributed by atoms with Gasteiger partial charge in [-0.25, -0.2) is 13.2 Å². The molecule has 9 heteroatoms. The number of sulfonamides is 1. The number of aryl methyl sites for hydroxylation is 1. The Morgan fingerprint density at radius 2 is 1.74 bits per heavy atom. The Hall–Kier alpha value is -1.96. The third kappa shape index (κ3) is 3.69. The SMILES string of the molecule is Cc1ccc(NS(=O)(=O)c2cc(Cl)c(N)c(Cl)c2)c(C(=O)O)c1. The molecular weight excluding hydrogens is 363 g/mol. The second-order valence-electron chi connectivity index (χ2n) is 4.76. The van der Waals surface area contributed by atoms with Gasteiger partial charge in [0.05, 0.1) is 31.9 Å². The smallest absolute Gasteiger partial charge is 0.337 e. The van der Waals surface area contributed by atoms with Crippen molar-refractivity contribution < 1.29 is 18.3 Å². The zero-order chi connectivity index (χ0) is 17.4. The van der Waals surface area contributed by atoms with Crippen molar-refractivity contribution in [2.24, 2.45) is 0 Å². The fourth-order valence-corrected chi connectivity index (χ4v) is 3.59. The van der Waals surface area contributed by atoms with Gasteiger partial charge in [-0.2, -0.15) is 0 Å². The second kappa shape index (κ2) is 6.27. The molecule has 2 aromatic carbocycles. The number of nitrogens with one attached hydrogen (secondary N) is 1. The minimum Gasteiger partial charge on any atom is -0.478 e. The lowest BCUT2D eigenvalue weighted by molar-refractivity contribution is 0.0698. The maximum Gasteiger partial charge on any atom is 0.337 e. The Kier molecular flexibility index (Phi) is 4.74. The summed E-state index contributed by atoms with van der Waals surface area (Å²) >= 11 is 11.7. The van der Waals surface area contributed by atoms with Gasteiger partial charge in [0.1, 0.15) is 0 Å². The molecule has 122 valence electrons. The van der Waals surface area contributed by atoms with Crippen LogP contribution >= 0.6 is 23.2 Å². The number of carboxylic acids is 1. The minimum atomic E-state index is -4.08. The van der Waals surface area contributed by atoms with Crippen molar-refractivity contribution in [1.29, 1.82) is 0 Å². The molecule has 4 N–H and O–H groups in total. The highest BCUT2D eigenvalue weighted by atomic mass is 35.5. The summed E-state index contributed by atoms with van der Waals surface area (Å²) in [6.45, 7) is 1.70. The van der Waals surface area contributed by atoms with Crippen LogP contribution in [0.4, 0.5) is 11.4 Å². The van der Waals surface area contributed by atoms with E-state index in [4.69, 9.17) is 28.9 Å². The van der Waals surface area contributed by atoms with Crippen molar-refractivity contribution >= 4 is 50.6 Å². The third-order valence-corrected chi connectivity index (χ3v) is 4.98. The summed E-state index contributed by atoms with van der Waals surface area (Å²) in [5.41, 5.74) is 6.09. The summed E-state index contributed by atoms with van der Waals surface area (Å²) in [6, 6.07) is 6.60. The van der Waals surface area contributed by atoms with Crippen molar-refractivity contribution in [2.75, 3.05) is 10.5 Å². The third-order valence-electron chi connectivity index (χ3n) is 3.01. The molecule has 0 atom stereocenters. The standard InChI is InChI=1S/C14H12Cl2N2O4S/c1-7-2-3-12(9(4-7)14(19)20)18-23(21,22)8-5-10(15)13(17)11(16)6-8/h2-6,18H,17H2,1H3,(H,19,20). The van der Waals surface area contributed by atoms with Crippen LogP contribution in [-0.4, -0.2) is 19.5 Å². The highest BCUT2D eigenvalue weighted by molar-refractivity contribution is 7.92. The van der Waals surface area contributed by atoms with E-state index < -0.39 is 16.0 Å². The molecule has 0 aliphatic carbocycles. The van der Waals surface area contributed by atoms with Gasteiger partial charge in [0.2, 0.25) is 0 Å². The molecule has 2 rings (SSSR count). The van der Waals surface area contributed by atoms with Gasteiger partial charge in [-0.05, 0) is 31.2 Å². The normalized spacial score (nSPS) is 11.3. The summed E-state index contributed by atoms with van der Waals surface area (Å²) in [4.78, 5) is 11.0. The molecule has 23 heavy (non-hydrogen) atoms. The number of carbonyl (C=O) groups is 1. The van der Waals surface area contributed by atoms with Crippen molar-refractivity contribution in [2.45, 2.75) is 11.8 Å². The van der Waals surface area contributed by atoms with E-state index in [2.05, 4.69) is 4.72 Å². The second-order valence-corrected chi connectivity index (χ2v) is 7.26. The van der Waals surface area contributed by atoms with E-state index in [1.165, 1.54) is 12.1 Å². The molecule has 0 heterocycles. The average Bonchev–Trinajstić information content (AvgIpc) is 2.45. The molecule has 0 aliphatic heterocycles. The molecule has 2 aromatic rings. The quantitative estimate of drug-likeness (QED) is 0.710. The fraction of sp³-hybridized carbons (Fsp3) is 0.0714. The van der Waals surface area contributed by atoms with E-state index in [1.807, 2.05) is 0 Å². The number of nitrogen functional groups attached to an aromatic ring is 1. The van der Waals surface area contributed by atoms with E-state index in [9.17, 15) is 18.3 Å². The molecule has 0 fully saturated rings. The van der Waals surface area contributed by atoms with Crippen LogP contribution in [0.1, 0.15) is 15.9 Å². The number of aromatic carboxylic acids is 1. The molecule has 0 radical (unpaired) electrons. The van der Waals surface area contributed by atoms with Gasteiger partial charge in [-0.15, -0.1) is 0 Å². The number of benzene rings is 2. The van der Waals surface area contributed by atoms with Crippen LogP contribution in [0, 0.1) is 6.92 Å². The summed E-state index contributed by atoms with van der Waals surface area (Å²) in [5.74, 6) is -1.25. The van der Waals surface area contributed by atoms with Gasteiger partial charge >= 0.3 is 5.97 Å². The van der Waals surface area contributed by atoms with Crippen LogP contribution < -0.4 is 10.5 Å². The monoisotopic (exact) mass is 374 g/mol. The maximum atomic E-state index is 12.4. The highest BCUT2D eigenvalue weighted by Gasteiger charge is 2.20. The first-order valence-corrected chi connectivity index (χ1v) is 8.47. The van der Waals surface area contributed by atoms with Crippen LogP contribution in [0.25, 0.3) is 0 Å². The van der Waals surface area contributed by atoms with Gasteiger partial charge < -0.3 is 10.8 Å². The molecule has 0 bridgehead atoms. The number of nitrogens with two attached hydrogens (primary N) is 1. The molecule has 0 unspecified atom stereocenters. The molecule has 0 saturated carbocycles. The van der Waals surface area contributed by atoms with Crippen LogP contribution in [-0.2, 0) is 10.0 Å². The molecule has 6 nitrogen and oxygen atoms in total. The van der Waals surface area contributed by atoms with Crippen LogP contribution in [0.2, 0.25) is 10.0 Å². The summed E-state index contributed by atoms with van der Waals surface area (Å²) in [7, 11) is -4.08. The lowest BCUT2D eigenvalue weighted by Gasteiger charge is -2.12. The Labute approximate surface area is 142 Å². The van der Waals surface area contributed by atoms with Crippen LogP contribution in [0.3, 0.4) is 0 Å². The molecule has 0 aromatic heterocycles. The Bertz CT molecular complexity index is 875. The zero-order valence-electron chi connectivity index (χ0n) is 11.8. The topological polar surface area (TPSA) is 109 Å². The number of hydrogen-bond acceptors (Lipinski definition) is 4. The van der Waals surface area contributed by atoms with E-state index in [0.717, 1.165) is 12.1 Å². The van der Waals surface area contributed by atoms with Gasteiger partial charge in [0.25, 0.3) is 10.0 Å². The first kappa shape index (κ1) is 17.4. The number of carboxylic acid groups (broad SMARTS) is 1. The van der Waals surface area contributed by atoms with Crippen molar-refractivity contribution in [3.63, 3.8) is 0 Å².